The van der Waals surface area contributed by atoms with Crippen molar-refractivity contribution in [2.24, 2.45) is 5.41 Å². The molecule has 0 fully saturated rings. The number of hydrogen-bond acceptors (Lipinski definition) is 2. The first-order chi connectivity index (χ1) is 52.2. The minimum Gasteiger partial charge on any atom is -0.342 e. The van der Waals surface area contributed by atoms with Crippen LogP contribution in [0.15, 0.2) is 340 Å². The Bertz CT molecular complexity index is 6100. The minimum absolute atomic E-state index is 0.00209. The number of rotatable bonds is 13. The summed E-state index contributed by atoms with van der Waals surface area (Å²) in [4.78, 5) is 5.53. The summed E-state index contributed by atoms with van der Waals surface area (Å²) in [7, 11) is 0. The SMILES string of the molecule is CC(C)(C)Cc1cc2c3c(c1)N(CCc1c(-c4ccccc4)cccc1-c1ccccc1)c1ccc(-c4ccc5c6cccc7cccc(c8cccc4c85)c76)cc1B3c1cc(-c3ccc4c5cccc6cccc(c7cccc3c74)c65)ccc1N2CCc1c(-c2ccccc2)cccc1-c1ccccc1. The molecule has 0 atom stereocenters. The summed E-state index contributed by atoms with van der Waals surface area (Å²) < 4.78 is 0. The molecule has 0 spiro atoms. The van der Waals surface area contributed by atoms with Gasteiger partial charge >= 0.3 is 0 Å². The van der Waals surface area contributed by atoms with Crippen molar-refractivity contribution >= 4 is 132 Å². The van der Waals surface area contributed by atoms with Crippen LogP contribution < -0.4 is 26.2 Å². The smallest absolute Gasteiger partial charge is 0.252 e. The summed E-state index contributed by atoms with van der Waals surface area (Å²) in [6, 6.07) is 130. The number of anilines is 4. The molecule has 500 valence electrons. The van der Waals surface area contributed by atoms with E-state index in [0.29, 0.717) is 0 Å². The fraction of sp³-hybridized carbons (Fsp3) is 0.0874. The van der Waals surface area contributed by atoms with Gasteiger partial charge in [-0.2, -0.15) is 0 Å². The Hall–Kier alpha value is -12.6. The molecule has 0 saturated heterocycles. The summed E-state index contributed by atoms with van der Waals surface area (Å²) in [5, 5.41) is 20.9. The minimum atomic E-state index is -0.145. The molecule has 19 aromatic rings. The van der Waals surface area contributed by atoms with Gasteiger partial charge in [-0.15, -0.1) is 0 Å². The lowest BCUT2D eigenvalue weighted by Crippen LogP contribution is -2.62. The lowest BCUT2D eigenvalue weighted by Gasteiger charge is -2.45. The van der Waals surface area contributed by atoms with Crippen LogP contribution in [-0.2, 0) is 19.3 Å². The lowest BCUT2D eigenvalue weighted by molar-refractivity contribution is 0.411. The Labute approximate surface area is 619 Å². The molecule has 0 bridgehead atoms. The van der Waals surface area contributed by atoms with Gasteiger partial charge in [0.05, 0.1) is 0 Å². The summed E-state index contributed by atoms with van der Waals surface area (Å²) >= 11 is 0. The van der Waals surface area contributed by atoms with E-state index in [1.807, 2.05) is 0 Å². The third-order valence-corrected chi connectivity index (χ3v) is 23.6. The molecule has 2 aliphatic rings. The van der Waals surface area contributed by atoms with Crippen molar-refractivity contribution in [2.45, 2.75) is 40.0 Å². The van der Waals surface area contributed by atoms with Crippen molar-refractivity contribution in [3.05, 3.63) is 356 Å². The van der Waals surface area contributed by atoms with Crippen LogP contribution in [0.4, 0.5) is 22.7 Å². The van der Waals surface area contributed by atoms with Gasteiger partial charge in [0.2, 0.25) is 0 Å². The molecule has 0 N–H and O–H groups in total. The van der Waals surface area contributed by atoms with Crippen LogP contribution in [0.5, 0.6) is 0 Å². The normalized spacial score (nSPS) is 12.8. The zero-order valence-corrected chi connectivity index (χ0v) is 59.8. The second kappa shape index (κ2) is 24.6. The van der Waals surface area contributed by atoms with Crippen molar-refractivity contribution in [3.63, 3.8) is 0 Å². The second-order valence-electron chi connectivity index (χ2n) is 30.9. The quantitative estimate of drug-likeness (QED) is 0.0645. The average Bonchev–Trinajstić information content (AvgIpc) is 0.703. The molecule has 0 unspecified atom stereocenters. The standard InChI is InChI=1S/C103H75BN2/c1-103(2,3)64-65-60-96-102-97(61-65)106(59-57-81-76(68-28-12-6-13-29-68)38-21-39-77(81)69-30-14-7-15-31-69)95-55-49-73(79-51-53-91-87-43-19-35-71-33-17-41-85(99(71)87)89-47-23-45-83(79)101(89)91)63-93(95)104(102)92-62-72(78-50-52-90-86-42-18-34-70-32-16-40-84(98(70)86)88-46-22-44-82(78)100(88)90)48-54-94(92)105(96)58-56-80-74(66-24-8-4-9-25-66)36-20-37-75(80)67-26-10-5-11-27-67/h4-55,60-63H,56-59,64H2,1-3H3. The van der Waals surface area contributed by atoms with E-state index in [4.69, 9.17) is 0 Å². The topological polar surface area (TPSA) is 6.48 Å². The fourth-order valence-corrected chi connectivity index (χ4v) is 19.3. The van der Waals surface area contributed by atoms with Crippen molar-refractivity contribution in [1.29, 1.82) is 0 Å². The Balaban J connectivity index is 0.828. The number of hydrogen-bond donors (Lipinski definition) is 0. The number of benzene rings is 19. The molecule has 3 heteroatoms. The largest absolute Gasteiger partial charge is 0.342 e. The molecule has 0 aliphatic carbocycles. The first kappa shape index (κ1) is 62.1. The van der Waals surface area contributed by atoms with Gasteiger partial charge in [0.25, 0.3) is 6.71 Å². The maximum atomic E-state index is 2.77. The summed E-state index contributed by atoms with van der Waals surface area (Å²) in [6.45, 7) is 8.56. The molecule has 0 radical (unpaired) electrons. The van der Waals surface area contributed by atoms with Crippen LogP contribution in [-0.4, -0.2) is 19.8 Å². The molecule has 2 nitrogen and oxygen atoms in total. The van der Waals surface area contributed by atoms with Crippen molar-refractivity contribution in [2.75, 3.05) is 22.9 Å². The van der Waals surface area contributed by atoms with Crippen LogP contribution in [0.25, 0.3) is 153 Å². The maximum Gasteiger partial charge on any atom is 0.252 e. The predicted octanol–water partition coefficient (Wildman–Crippen LogP) is 25.3. The van der Waals surface area contributed by atoms with E-state index >= 15 is 0 Å². The second-order valence-corrected chi connectivity index (χ2v) is 30.9. The Morgan fingerprint density at radius 3 is 0.934 bits per heavy atom. The maximum absolute atomic E-state index is 2.77. The van der Waals surface area contributed by atoms with Crippen molar-refractivity contribution < 1.29 is 0 Å². The van der Waals surface area contributed by atoms with Gasteiger partial charge in [0.1, 0.15) is 0 Å². The van der Waals surface area contributed by atoms with E-state index in [2.05, 4.69) is 370 Å². The molecule has 0 saturated carbocycles. The van der Waals surface area contributed by atoms with Gasteiger partial charge in [0, 0.05) is 35.8 Å². The zero-order chi connectivity index (χ0) is 70.3. The summed E-state index contributed by atoms with van der Waals surface area (Å²) in [6.07, 6.45) is 2.51. The van der Waals surface area contributed by atoms with Crippen molar-refractivity contribution in [3.8, 4) is 66.8 Å². The van der Waals surface area contributed by atoms with Crippen LogP contribution in [0.3, 0.4) is 0 Å². The Kier molecular flexibility index (Phi) is 14.4. The first-order valence-corrected chi connectivity index (χ1v) is 37.9. The highest BCUT2D eigenvalue weighted by molar-refractivity contribution is 7.00. The molecule has 19 aromatic carbocycles. The molecule has 106 heavy (non-hydrogen) atoms. The van der Waals surface area contributed by atoms with E-state index in [1.165, 1.54) is 209 Å². The van der Waals surface area contributed by atoms with Crippen LogP contribution in [0.2, 0.25) is 0 Å². The molecule has 2 aliphatic heterocycles. The van der Waals surface area contributed by atoms with E-state index in [-0.39, 0.29) is 12.1 Å². The van der Waals surface area contributed by atoms with E-state index in [0.717, 1.165) is 32.4 Å². The lowest BCUT2D eigenvalue weighted by atomic mass is 9.33. The fourth-order valence-electron chi connectivity index (χ4n) is 19.3. The Morgan fingerprint density at radius 1 is 0.255 bits per heavy atom. The van der Waals surface area contributed by atoms with Crippen LogP contribution in [0.1, 0.15) is 37.5 Å². The Morgan fingerprint density at radius 2 is 0.575 bits per heavy atom. The van der Waals surface area contributed by atoms with Gasteiger partial charge in [-0.3, -0.25) is 0 Å². The zero-order valence-electron chi connectivity index (χ0n) is 59.8. The molecular weight excluding hydrogens is 1280 g/mol. The summed E-state index contributed by atoms with van der Waals surface area (Å²) in [5.41, 5.74) is 28.1. The van der Waals surface area contributed by atoms with E-state index in [9.17, 15) is 0 Å². The molecule has 21 rings (SSSR count). The van der Waals surface area contributed by atoms with E-state index < -0.39 is 0 Å². The van der Waals surface area contributed by atoms with Gasteiger partial charge in [-0.1, -0.05) is 336 Å². The molecule has 2 heterocycles. The third kappa shape index (κ3) is 9.93. The monoisotopic (exact) mass is 1350 g/mol. The van der Waals surface area contributed by atoms with Crippen LogP contribution in [0, 0.1) is 5.41 Å². The third-order valence-electron chi connectivity index (χ3n) is 23.6. The highest BCUT2D eigenvalue weighted by Gasteiger charge is 2.44. The van der Waals surface area contributed by atoms with Gasteiger partial charge in [0.15, 0.2) is 0 Å². The van der Waals surface area contributed by atoms with Gasteiger partial charge in [-0.05, 0) is 235 Å². The number of nitrogens with zero attached hydrogens (tertiary/aromatic N) is 2. The molecule has 0 amide bonds. The highest BCUT2D eigenvalue weighted by atomic mass is 15.2. The highest BCUT2D eigenvalue weighted by Crippen LogP contribution is 2.49. The molecular formula is C103H75BN2. The van der Waals surface area contributed by atoms with Gasteiger partial charge in [-0.25, -0.2) is 0 Å². The van der Waals surface area contributed by atoms with E-state index in [1.54, 1.807) is 0 Å². The summed E-state index contributed by atoms with van der Waals surface area (Å²) in [5.74, 6) is 0. The van der Waals surface area contributed by atoms with Crippen molar-refractivity contribution in [1.82, 2.24) is 0 Å². The van der Waals surface area contributed by atoms with Gasteiger partial charge < -0.3 is 9.80 Å². The molecule has 0 aromatic heterocycles. The van der Waals surface area contributed by atoms with Crippen LogP contribution >= 0.6 is 0 Å². The number of fused-ring (bicyclic) bond motifs is 8. The predicted molar refractivity (Wildman–Crippen MR) is 456 cm³/mol. The first-order valence-electron chi connectivity index (χ1n) is 37.9. The average molecular weight is 1350 g/mol.